The van der Waals surface area contributed by atoms with Crippen LogP contribution in [0.2, 0.25) is 0 Å². The lowest BCUT2D eigenvalue weighted by Gasteiger charge is -2.16. The lowest BCUT2D eigenvalue weighted by molar-refractivity contribution is -0.117. The van der Waals surface area contributed by atoms with Crippen LogP contribution >= 0.6 is 0 Å². The van der Waals surface area contributed by atoms with Crippen LogP contribution in [0.4, 0.5) is 5.69 Å². The second-order valence-corrected chi connectivity index (χ2v) is 5.74. The number of hydrogen-bond acceptors (Lipinski definition) is 3. The van der Waals surface area contributed by atoms with Crippen molar-refractivity contribution in [3.8, 4) is 0 Å². The third-order valence-electron chi connectivity index (χ3n) is 2.78. The predicted molar refractivity (Wildman–Crippen MR) is 64.3 cm³/mol. The standard InChI is InChI=1S/C11H14N2O3S/c1-12-17(15,16)10-5-2-4-9(8-10)13-7-3-6-11(13)14/h2,4-5,8,12H,3,6-7H2,1H3. The molecule has 0 aromatic heterocycles. The Morgan fingerprint density at radius 3 is 2.71 bits per heavy atom. The van der Waals surface area contributed by atoms with Crippen LogP contribution in [0.1, 0.15) is 12.8 Å². The van der Waals surface area contributed by atoms with Crippen molar-refractivity contribution in [2.24, 2.45) is 0 Å². The smallest absolute Gasteiger partial charge is 0.240 e. The van der Waals surface area contributed by atoms with E-state index in [2.05, 4.69) is 4.72 Å². The first-order valence-electron chi connectivity index (χ1n) is 5.38. The molecule has 0 spiro atoms. The van der Waals surface area contributed by atoms with Crippen LogP contribution < -0.4 is 9.62 Å². The average molecular weight is 254 g/mol. The van der Waals surface area contributed by atoms with Gasteiger partial charge in [0.1, 0.15) is 0 Å². The summed E-state index contributed by atoms with van der Waals surface area (Å²) in [6.45, 7) is 0.655. The number of carbonyl (C=O) groups excluding carboxylic acids is 1. The van der Waals surface area contributed by atoms with Gasteiger partial charge in [0.15, 0.2) is 0 Å². The molecule has 0 unspecified atom stereocenters. The van der Waals surface area contributed by atoms with Gasteiger partial charge in [0.2, 0.25) is 15.9 Å². The average Bonchev–Trinajstić information content (AvgIpc) is 2.76. The number of carbonyl (C=O) groups is 1. The number of amides is 1. The molecule has 6 heteroatoms. The minimum atomic E-state index is -3.46. The molecule has 1 fully saturated rings. The van der Waals surface area contributed by atoms with Crippen molar-refractivity contribution < 1.29 is 13.2 Å². The molecule has 1 aliphatic heterocycles. The van der Waals surface area contributed by atoms with Crippen LogP contribution in [0.25, 0.3) is 0 Å². The summed E-state index contributed by atoms with van der Waals surface area (Å²) in [7, 11) is -2.09. The molecule has 1 N–H and O–H groups in total. The molecule has 17 heavy (non-hydrogen) atoms. The van der Waals surface area contributed by atoms with Gasteiger partial charge in [-0.15, -0.1) is 0 Å². The highest BCUT2D eigenvalue weighted by atomic mass is 32.2. The number of sulfonamides is 1. The number of nitrogens with zero attached hydrogens (tertiary/aromatic N) is 1. The molecular formula is C11H14N2O3S. The Labute approximate surface area is 100 Å². The van der Waals surface area contributed by atoms with E-state index >= 15 is 0 Å². The summed E-state index contributed by atoms with van der Waals surface area (Å²) in [5.74, 6) is 0.0454. The molecule has 0 atom stereocenters. The Morgan fingerprint density at radius 2 is 2.12 bits per heavy atom. The SMILES string of the molecule is CNS(=O)(=O)c1cccc(N2CCCC2=O)c1. The highest BCUT2D eigenvalue weighted by molar-refractivity contribution is 7.89. The second-order valence-electron chi connectivity index (χ2n) is 3.85. The fraction of sp³-hybridized carbons (Fsp3) is 0.364. The van der Waals surface area contributed by atoms with Crippen LogP contribution in [-0.4, -0.2) is 27.9 Å². The zero-order valence-electron chi connectivity index (χ0n) is 9.51. The molecule has 1 aliphatic rings. The summed E-state index contributed by atoms with van der Waals surface area (Å²) in [5.41, 5.74) is 0.642. The van der Waals surface area contributed by atoms with Gasteiger partial charge in [-0.25, -0.2) is 13.1 Å². The monoisotopic (exact) mass is 254 g/mol. The van der Waals surface area contributed by atoms with Gasteiger partial charge in [-0.3, -0.25) is 4.79 Å². The molecule has 0 aliphatic carbocycles. The predicted octanol–water partition coefficient (Wildman–Crippen LogP) is 0.721. The Bertz CT molecular complexity index is 539. The van der Waals surface area contributed by atoms with Crippen molar-refractivity contribution in [3.63, 3.8) is 0 Å². The molecule has 1 heterocycles. The van der Waals surface area contributed by atoms with Crippen molar-refractivity contribution in [1.29, 1.82) is 0 Å². The van der Waals surface area contributed by atoms with Crippen LogP contribution in [0, 0.1) is 0 Å². The van der Waals surface area contributed by atoms with Gasteiger partial charge in [-0.1, -0.05) is 6.07 Å². The first-order valence-corrected chi connectivity index (χ1v) is 6.87. The number of anilines is 1. The lowest BCUT2D eigenvalue weighted by Crippen LogP contribution is -2.24. The first kappa shape index (κ1) is 12.1. The Balaban J connectivity index is 2.38. The van der Waals surface area contributed by atoms with Gasteiger partial charge in [-0.2, -0.15) is 0 Å². The summed E-state index contributed by atoms with van der Waals surface area (Å²) in [4.78, 5) is 13.4. The minimum Gasteiger partial charge on any atom is -0.312 e. The van der Waals surface area contributed by atoms with Crippen molar-refractivity contribution >= 4 is 21.6 Å². The van der Waals surface area contributed by atoms with Gasteiger partial charge in [0.25, 0.3) is 0 Å². The molecular weight excluding hydrogens is 240 g/mol. The number of nitrogens with one attached hydrogen (secondary N) is 1. The number of rotatable bonds is 3. The van der Waals surface area contributed by atoms with Gasteiger partial charge in [-0.05, 0) is 31.7 Å². The maximum atomic E-state index is 11.6. The molecule has 92 valence electrons. The van der Waals surface area contributed by atoms with Crippen molar-refractivity contribution in [2.75, 3.05) is 18.5 Å². The summed E-state index contributed by atoms with van der Waals surface area (Å²) >= 11 is 0. The van der Waals surface area contributed by atoms with Crippen LogP contribution in [-0.2, 0) is 14.8 Å². The van der Waals surface area contributed by atoms with Crippen LogP contribution in [0.3, 0.4) is 0 Å². The highest BCUT2D eigenvalue weighted by Crippen LogP contribution is 2.23. The van der Waals surface area contributed by atoms with Crippen molar-refractivity contribution in [2.45, 2.75) is 17.7 Å². The van der Waals surface area contributed by atoms with E-state index in [1.54, 1.807) is 17.0 Å². The van der Waals surface area contributed by atoms with E-state index in [-0.39, 0.29) is 10.8 Å². The van der Waals surface area contributed by atoms with E-state index in [4.69, 9.17) is 0 Å². The van der Waals surface area contributed by atoms with Crippen molar-refractivity contribution in [3.05, 3.63) is 24.3 Å². The molecule has 0 bridgehead atoms. The van der Waals surface area contributed by atoms with E-state index in [1.165, 1.54) is 19.2 Å². The zero-order chi connectivity index (χ0) is 12.5. The number of hydrogen-bond donors (Lipinski definition) is 1. The fourth-order valence-corrected chi connectivity index (χ4v) is 2.63. The quantitative estimate of drug-likeness (QED) is 0.864. The van der Waals surface area contributed by atoms with Crippen LogP contribution in [0.5, 0.6) is 0 Å². The summed E-state index contributed by atoms with van der Waals surface area (Å²) in [5, 5.41) is 0. The Morgan fingerprint density at radius 1 is 1.35 bits per heavy atom. The maximum Gasteiger partial charge on any atom is 0.240 e. The number of benzene rings is 1. The highest BCUT2D eigenvalue weighted by Gasteiger charge is 2.22. The van der Waals surface area contributed by atoms with E-state index in [0.717, 1.165) is 6.42 Å². The Kier molecular flexibility index (Phi) is 3.17. The molecule has 1 saturated heterocycles. The van der Waals surface area contributed by atoms with E-state index < -0.39 is 10.0 Å². The van der Waals surface area contributed by atoms with Crippen molar-refractivity contribution in [1.82, 2.24) is 4.72 Å². The normalized spacial score (nSPS) is 16.5. The largest absolute Gasteiger partial charge is 0.312 e. The van der Waals surface area contributed by atoms with Gasteiger partial charge in [0.05, 0.1) is 4.90 Å². The molecule has 1 aromatic carbocycles. The molecule has 0 saturated carbocycles. The summed E-state index contributed by atoms with van der Waals surface area (Å²) in [6, 6.07) is 6.42. The van der Waals surface area contributed by atoms with E-state index in [0.29, 0.717) is 18.7 Å². The lowest BCUT2D eigenvalue weighted by atomic mass is 10.3. The molecule has 1 amide bonds. The van der Waals surface area contributed by atoms with Gasteiger partial charge >= 0.3 is 0 Å². The van der Waals surface area contributed by atoms with E-state index in [9.17, 15) is 13.2 Å². The fourth-order valence-electron chi connectivity index (χ4n) is 1.86. The minimum absolute atomic E-state index is 0.0454. The summed E-state index contributed by atoms with van der Waals surface area (Å²) in [6.07, 6.45) is 1.35. The zero-order valence-corrected chi connectivity index (χ0v) is 10.3. The molecule has 5 nitrogen and oxygen atoms in total. The third kappa shape index (κ3) is 2.32. The summed E-state index contributed by atoms with van der Waals surface area (Å²) < 4.78 is 25.5. The topological polar surface area (TPSA) is 66.5 Å². The van der Waals surface area contributed by atoms with Crippen LogP contribution in [0.15, 0.2) is 29.2 Å². The second kappa shape index (κ2) is 4.46. The van der Waals surface area contributed by atoms with E-state index in [1.807, 2.05) is 0 Å². The first-order chi connectivity index (χ1) is 8.04. The maximum absolute atomic E-state index is 11.6. The Hall–Kier alpha value is -1.40. The molecule has 0 radical (unpaired) electrons. The molecule has 1 aromatic rings. The van der Waals surface area contributed by atoms with Gasteiger partial charge < -0.3 is 4.90 Å². The molecule has 2 rings (SSSR count). The van der Waals surface area contributed by atoms with Gasteiger partial charge in [0, 0.05) is 18.7 Å². The third-order valence-corrected chi connectivity index (χ3v) is 4.19.